The number of nitrogen functional groups attached to an aromatic ring is 2. The first kappa shape index (κ1) is 14.7. The highest BCUT2D eigenvalue weighted by atomic mass is 16.5. The van der Waals surface area contributed by atoms with E-state index < -0.39 is 0 Å². The molecular formula is C15H26N2O. The second-order valence-electron chi connectivity index (χ2n) is 4.77. The third-order valence-electron chi connectivity index (χ3n) is 3.04. The lowest BCUT2D eigenvalue weighted by molar-refractivity contribution is 0.306. The van der Waals surface area contributed by atoms with E-state index in [-0.39, 0.29) is 0 Å². The van der Waals surface area contributed by atoms with Crippen molar-refractivity contribution in [2.45, 2.75) is 51.9 Å². The summed E-state index contributed by atoms with van der Waals surface area (Å²) in [5, 5.41) is 0. The number of unbranched alkanes of at least 4 members (excludes halogenated alkanes) is 6. The molecule has 0 saturated heterocycles. The van der Waals surface area contributed by atoms with Crippen LogP contribution in [0.25, 0.3) is 0 Å². The smallest absolute Gasteiger partial charge is 0.144 e. The minimum absolute atomic E-state index is 0.659. The molecule has 0 bridgehead atoms. The van der Waals surface area contributed by atoms with Crippen molar-refractivity contribution in [1.29, 1.82) is 0 Å². The molecule has 0 amide bonds. The number of benzene rings is 1. The summed E-state index contributed by atoms with van der Waals surface area (Å²) in [4.78, 5) is 0. The lowest BCUT2D eigenvalue weighted by Gasteiger charge is -2.09. The predicted octanol–water partition coefficient (Wildman–Crippen LogP) is 3.98. The van der Waals surface area contributed by atoms with E-state index in [1.54, 1.807) is 18.2 Å². The van der Waals surface area contributed by atoms with Crippen LogP contribution in [0.1, 0.15) is 51.9 Å². The van der Waals surface area contributed by atoms with Gasteiger partial charge in [-0.1, -0.05) is 45.4 Å². The van der Waals surface area contributed by atoms with Gasteiger partial charge in [-0.2, -0.15) is 0 Å². The summed E-state index contributed by atoms with van der Waals surface area (Å²) in [6.07, 6.45) is 8.98. The molecule has 102 valence electrons. The molecule has 0 aliphatic heterocycles. The van der Waals surface area contributed by atoms with E-state index in [4.69, 9.17) is 16.2 Å². The average molecular weight is 250 g/mol. The Labute approximate surface area is 111 Å². The van der Waals surface area contributed by atoms with Gasteiger partial charge in [-0.25, -0.2) is 0 Å². The molecule has 1 aromatic rings. The maximum Gasteiger partial charge on any atom is 0.144 e. The van der Waals surface area contributed by atoms with E-state index in [2.05, 4.69) is 6.92 Å². The van der Waals surface area contributed by atoms with E-state index in [0.717, 1.165) is 13.0 Å². The molecule has 3 heteroatoms. The molecule has 0 aromatic heterocycles. The Morgan fingerprint density at radius 3 is 2.33 bits per heavy atom. The SMILES string of the molecule is CCCCCCCCCOc1cc(N)ccc1N. The fourth-order valence-corrected chi connectivity index (χ4v) is 1.92. The first-order valence-electron chi connectivity index (χ1n) is 7.02. The molecule has 3 nitrogen and oxygen atoms in total. The molecule has 0 aliphatic carbocycles. The van der Waals surface area contributed by atoms with Gasteiger partial charge in [0.15, 0.2) is 0 Å². The summed E-state index contributed by atoms with van der Waals surface area (Å²) in [6.45, 7) is 2.96. The Balaban J connectivity index is 2.09. The minimum atomic E-state index is 0.659. The Morgan fingerprint density at radius 1 is 0.944 bits per heavy atom. The summed E-state index contributed by atoms with van der Waals surface area (Å²) in [5.74, 6) is 0.709. The molecule has 0 spiro atoms. The van der Waals surface area contributed by atoms with Gasteiger partial charge < -0.3 is 16.2 Å². The Morgan fingerprint density at radius 2 is 1.61 bits per heavy atom. The van der Waals surface area contributed by atoms with Crippen molar-refractivity contribution < 1.29 is 4.74 Å². The Kier molecular flexibility index (Phi) is 7.07. The van der Waals surface area contributed by atoms with Gasteiger partial charge >= 0.3 is 0 Å². The van der Waals surface area contributed by atoms with Gasteiger partial charge in [0.05, 0.1) is 12.3 Å². The zero-order chi connectivity index (χ0) is 13.2. The summed E-state index contributed by atoms with van der Waals surface area (Å²) in [6, 6.07) is 5.36. The van der Waals surface area contributed by atoms with Gasteiger partial charge in [-0.15, -0.1) is 0 Å². The normalized spacial score (nSPS) is 10.5. The van der Waals surface area contributed by atoms with Crippen LogP contribution in [0.3, 0.4) is 0 Å². The highest BCUT2D eigenvalue weighted by Gasteiger charge is 2.00. The molecule has 0 fully saturated rings. The van der Waals surface area contributed by atoms with E-state index >= 15 is 0 Å². The molecule has 0 aliphatic rings. The van der Waals surface area contributed by atoms with Crippen molar-refractivity contribution in [2.75, 3.05) is 18.1 Å². The van der Waals surface area contributed by atoms with Crippen LogP contribution in [-0.2, 0) is 0 Å². The second kappa shape index (κ2) is 8.67. The predicted molar refractivity (Wildman–Crippen MR) is 78.8 cm³/mol. The summed E-state index contributed by atoms with van der Waals surface area (Å²) < 4.78 is 5.64. The number of rotatable bonds is 9. The van der Waals surface area contributed by atoms with E-state index in [1.807, 2.05) is 0 Å². The number of nitrogens with two attached hydrogens (primary N) is 2. The molecule has 0 atom stereocenters. The van der Waals surface area contributed by atoms with Crippen LogP contribution in [0, 0.1) is 0 Å². The van der Waals surface area contributed by atoms with Crippen LogP contribution in [0.4, 0.5) is 11.4 Å². The Bertz CT molecular complexity index is 339. The third-order valence-corrected chi connectivity index (χ3v) is 3.04. The lowest BCUT2D eigenvalue weighted by atomic mass is 10.1. The monoisotopic (exact) mass is 250 g/mol. The molecule has 0 saturated carbocycles. The van der Waals surface area contributed by atoms with Crippen LogP contribution < -0.4 is 16.2 Å². The van der Waals surface area contributed by atoms with Gasteiger partial charge in [0.25, 0.3) is 0 Å². The van der Waals surface area contributed by atoms with Crippen LogP contribution >= 0.6 is 0 Å². The molecule has 0 heterocycles. The van der Waals surface area contributed by atoms with E-state index in [9.17, 15) is 0 Å². The minimum Gasteiger partial charge on any atom is -0.491 e. The summed E-state index contributed by atoms with van der Waals surface area (Å²) in [7, 11) is 0. The van der Waals surface area contributed by atoms with Crippen LogP contribution in [0.5, 0.6) is 5.75 Å². The highest BCUT2D eigenvalue weighted by Crippen LogP contribution is 2.24. The van der Waals surface area contributed by atoms with Crippen LogP contribution in [-0.4, -0.2) is 6.61 Å². The van der Waals surface area contributed by atoms with Gasteiger partial charge in [0.1, 0.15) is 5.75 Å². The quantitative estimate of drug-likeness (QED) is 0.514. The maximum absolute atomic E-state index is 5.80. The Hall–Kier alpha value is -1.38. The number of ether oxygens (including phenoxy) is 1. The zero-order valence-corrected chi connectivity index (χ0v) is 11.5. The maximum atomic E-state index is 5.80. The average Bonchev–Trinajstić information content (AvgIpc) is 2.36. The molecule has 0 radical (unpaired) electrons. The first-order valence-corrected chi connectivity index (χ1v) is 7.02. The molecular weight excluding hydrogens is 224 g/mol. The van der Waals surface area contributed by atoms with Crippen molar-refractivity contribution in [2.24, 2.45) is 0 Å². The summed E-state index contributed by atoms with van der Waals surface area (Å²) >= 11 is 0. The second-order valence-corrected chi connectivity index (χ2v) is 4.77. The van der Waals surface area contributed by atoms with Crippen molar-refractivity contribution in [1.82, 2.24) is 0 Å². The van der Waals surface area contributed by atoms with Gasteiger partial charge in [-0.3, -0.25) is 0 Å². The number of hydrogen-bond acceptors (Lipinski definition) is 3. The molecule has 1 rings (SSSR count). The zero-order valence-electron chi connectivity index (χ0n) is 11.5. The molecule has 0 unspecified atom stereocenters. The fourth-order valence-electron chi connectivity index (χ4n) is 1.92. The van der Waals surface area contributed by atoms with Crippen molar-refractivity contribution >= 4 is 11.4 Å². The van der Waals surface area contributed by atoms with Crippen molar-refractivity contribution in [3.63, 3.8) is 0 Å². The molecule has 1 aromatic carbocycles. The lowest BCUT2D eigenvalue weighted by Crippen LogP contribution is -2.01. The first-order chi connectivity index (χ1) is 8.74. The van der Waals surface area contributed by atoms with Crippen molar-refractivity contribution in [3.8, 4) is 5.75 Å². The summed E-state index contributed by atoms with van der Waals surface area (Å²) in [5.41, 5.74) is 12.8. The van der Waals surface area contributed by atoms with E-state index in [0.29, 0.717) is 17.1 Å². The van der Waals surface area contributed by atoms with Crippen LogP contribution in [0.15, 0.2) is 18.2 Å². The number of hydrogen-bond donors (Lipinski definition) is 2. The number of anilines is 2. The van der Waals surface area contributed by atoms with Crippen molar-refractivity contribution in [3.05, 3.63) is 18.2 Å². The third kappa shape index (κ3) is 5.80. The fraction of sp³-hybridized carbons (Fsp3) is 0.600. The standard InChI is InChI=1S/C15H26N2O/c1-2-3-4-5-6-7-8-11-18-15-12-13(16)9-10-14(15)17/h9-10,12H,2-8,11,16-17H2,1H3. The largest absolute Gasteiger partial charge is 0.491 e. The highest BCUT2D eigenvalue weighted by molar-refractivity contribution is 5.59. The molecule has 4 N–H and O–H groups in total. The van der Waals surface area contributed by atoms with Gasteiger partial charge in [0, 0.05) is 11.8 Å². The van der Waals surface area contributed by atoms with E-state index in [1.165, 1.54) is 38.5 Å². The van der Waals surface area contributed by atoms with Crippen LogP contribution in [0.2, 0.25) is 0 Å². The topological polar surface area (TPSA) is 61.3 Å². The molecule has 18 heavy (non-hydrogen) atoms. The van der Waals surface area contributed by atoms with Gasteiger partial charge in [-0.05, 0) is 18.6 Å². The van der Waals surface area contributed by atoms with Gasteiger partial charge in [0.2, 0.25) is 0 Å².